The highest BCUT2D eigenvalue weighted by atomic mass is 32.1. The van der Waals surface area contributed by atoms with Crippen molar-refractivity contribution in [3.05, 3.63) is 64.9 Å². The fourth-order valence-corrected chi connectivity index (χ4v) is 3.44. The van der Waals surface area contributed by atoms with E-state index in [1.54, 1.807) is 0 Å². The molecule has 0 saturated heterocycles. The number of anilines is 2. The van der Waals surface area contributed by atoms with Crippen LogP contribution >= 0.6 is 11.5 Å². The standard InChI is InChI=1S/C20H18N4OS/c1-12-4-5-16(20-13(2)23-25-14(20)3)10-18(12)21-17-8-6-15(7-9-17)19-11-26-24-22-19/h4-11,21H,1-3H3. The summed E-state index contributed by atoms with van der Waals surface area (Å²) in [4.78, 5) is 0. The second kappa shape index (κ2) is 6.72. The van der Waals surface area contributed by atoms with Gasteiger partial charge in [-0.1, -0.05) is 33.9 Å². The van der Waals surface area contributed by atoms with Crippen LogP contribution in [0.5, 0.6) is 0 Å². The number of nitrogens with one attached hydrogen (secondary N) is 1. The SMILES string of the molecule is Cc1ccc(-c2c(C)noc2C)cc1Nc1ccc(-c2csnn2)cc1. The molecule has 1 N–H and O–H groups in total. The van der Waals surface area contributed by atoms with E-state index < -0.39 is 0 Å². The fourth-order valence-electron chi connectivity index (χ4n) is 2.98. The normalized spacial score (nSPS) is 10.9. The molecule has 0 fully saturated rings. The van der Waals surface area contributed by atoms with Crippen LogP contribution in [0.4, 0.5) is 11.4 Å². The number of hydrogen-bond acceptors (Lipinski definition) is 6. The summed E-state index contributed by atoms with van der Waals surface area (Å²) >= 11 is 1.36. The zero-order valence-corrected chi connectivity index (χ0v) is 15.6. The Kier molecular flexibility index (Phi) is 4.26. The van der Waals surface area contributed by atoms with Crippen LogP contribution in [0.15, 0.2) is 52.4 Å². The van der Waals surface area contributed by atoms with Crippen molar-refractivity contribution in [2.75, 3.05) is 5.32 Å². The predicted octanol–water partition coefficient (Wildman–Crippen LogP) is 5.53. The summed E-state index contributed by atoms with van der Waals surface area (Å²) in [6.07, 6.45) is 0. The molecule has 4 rings (SSSR count). The van der Waals surface area contributed by atoms with Crippen molar-refractivity contribution >= 4 is 22.9 Å². The lowest BCUT2D eigenvalue weighted by Gasteiger charge is -2.12. The minimum Gasteiger partial charge on any atom is -0.361 e. The van der Waals surface area contributed by atoms with Crippen LogP contribution < -0.4 is 5.32 Å². The van der Waals surface area contributed by atoms with Gasteiger partial charge in [-0.2, -0.15) is 0 Å². The van der Waals surface area contributed by atoms with E-state index in [0.29, 0.717) is 0 Å². The topological polar surface area (TPSA) is 63.8 Å². The van der Waals surface area contributed by atoms with E-state index in [1.807, 2.05) is 31.4 Å². The minimum absolute atomic E-state index is 0.832. The van der Waals surface area contributed by atoms with Gasteiger partial charge in [-0.15, -0.1) is 5.10 Å². The van der Waals surface area contributed by atoms with E-state index >= 15 is 0 Å². The molecule has 0 spiro atoms. The average molecular weight is 362 g/mol. The van der Waals surface area contributed by atoms with Crippen LogP contribution in [0.3, 0.4) is 0 Å². The molecular formula is C20H18N4OS. The third-order valence-corrected chi connectivity index (χ3v) is 4.88. The summed E-state index contributed by atoms with van der Waals surface area (Å²) in [5.41, 5.74) is 8.27. The maximum atomic E-state index is 5.31. The monoisotopic (exact) mass is 362 g/mol. The van der Waals surface area contributed by atoms with Crippen molar-refractivity contribution in [3.8, 4) is 22.4 Å². The number of nitrogens with zero attached hydrogens (tertiary/aromatic N) is 3. The van der Waals surface area contributed by atoms with Gasteiger partial charge in [-0.3, -0.25) is 0 Å². The molecule has 2 aromatic heterocycles. The van der Waals surface area contributed by atoms with Gasteiger partial charge in [0.25, 0.3) is 0 Å². The molecule has 5 nitrogen and oxygen atoms in total. The van der Waals surface area contributed by atoms with Crippen LogP contribution in [0.2, 0.25) is 0 Å². The quantitative estimate of drug-likeness (QED) is 0.517. The van der Waals surface area contributed by atoms with Gasteiger partial charge in [0, 0.05) is 27.9 Å². The maximum Gasteiger partial charge on any atom is 0.141 e. The van der Waals surface area contributed by atoms with Crippen molar-refractivity contribution in [2.45, 2.75) is 20.8 Å². The fraction of sp³-hybridized carbons (Fsp3) is 0.150. The lowest BCUT2D eigenvalue weighted by Crippen LogP contribution is -1.94. The molecule has 0 aliphatic rings. The van der Waals surface area contributed by atoms with Crippen molar-refractivity contribution in [2.24, 2.45) is 0 Å². The van der Waals surface area contributed by atoms with Crippen LogP contribution in [0, 0.1) is 20.8 Å². The molecule has 0 amide bonds. The van der Waals surface area contributed by atoms with E-state index in [0.717, 1.165) is 45.2 Å². The van der Waals surface area contributed by atoms with Gasteiger partial charge in [-0.25, -0.2) is 0 Å². The van der Waals surface area contributed by atoms with Gasteiger partial charge in [0.15, 0.2) is 0 Å². The Hall–Kier alpha value is -2.99. The third-order valence-electron chi connectivity index (χ3n) is 4.38. The Morgan fingerprint density at radius 2 is 1.73 bits per heavy atom. The molecule has 0 saturated carbocycles. The molecule has 6 heteroatoms. The molecular weight excluding hydrogens is 344 g/mol. The first kappa shape index (κ1) is 16.5. The first-order valence-electron chi connectivity index (χ1n) is 8.30. The van der Waals surface area contributed by atoms with E-state index in [-0.39, 0.29) is 0 Å². The maximum absolute atomic E-state index is 5.31. The van der Waals surface area contributed by atoms with Crippen LogP contribution in [0.1, 0.15) is 17.0 Å². The number of aryl methyl sites for hydroxylation is 3. The van der Waals surface area contributed by atoms with Crippen molar-refractivity contribution in [1.29, 1.82) is 0 Å². The van der Waals surface area contributed by atoms with Gasteiger partial charge in [0.2, 0.25) is 0 Å². The molecule has 0 aliphatic heterocycles. The summed E-state index contributed by atoms with van der Waals surface area (Å²) in [5.74, 6) is 0.832. The Labute approximate surface area is 155 Å². The lowest BCUT2D eigenvalue weighted by atomic mass is 10.0. The highest BCUT2D eigenvalue weighted by molar-refractivity contribution is 7.03. The highest BCUT2D eigenvalue weighted by Crippen LogP contribution is 2.32. The molecule has 130 valence electrons. The summed E-state index contributed by atoms with van der Waals surface area (Å²) < 4.78 is 9.22. The Balaban J connectivity index is 1.63. The molecule has 2 heterocycles. The molecule has 0 aliphatic carbocycles. The molecule has 0 radical (unpaired) electrons. The van der Waals surface area contributed by atoms with Crippen molar-refractivity contribution in [1.82, 2.24) is 14.7 Å². The molecule has 2 aromatic carbocycles. The minimum atomic E-state index is 0.832. The van der Waals surface area contributed by atoms with Crippen LogP contribution in [-0.4, -0.2) is 14.7 Å². The van der Waals surface area contributed by atoms with Crippen LogP contribution in [-0.2, 0) is 0 Å². The molecule has 0 bridgehead atoms. The summed E-state index contributed by atoms with van der Waals surface area (Å²) in [5, 5.41) is 13.6. The van der Waals surface area contributed by atoms with Crippen molar-refractivity contribution in [3.63, 3.8) is 0 Å². The van der Waals surface area contributed by atoms with E-state index in [4.69, 9.17) is 4.52 Å². The zero-order chi connectivity index (χ0) is 18.1. The first-order valence-corrected chi connectivity index (χ1v) is 9.14. The number of hydrogen-bond donors (Lipinski definition) is 1. The lowest BCUT2D eigenvalue weighted by molar-refractivity contribution is 0.393. The van der Waals surface area contributed by atoms with Gasteiger partial charge >= 0.3 is 0 Å². The van der Waals surface area contributed by atoms with E-state index in [9.17, 15) is 0 Å². The van der Waals surface area contributed by atoms with Crippen LogP contribution in [0.25, 0.3) is 22.4 Å². The third kappa shape index (κ3) is 3.11. The smallest absolute Gasteiger partial charge is 0.141 e. The van der Waals surface area contributed by atoms with E-state index in [2.05, 4.69) is 57.3 Å². The number of benzene rings is 2. The summed E-state index contributed by atoms with van der Waals surface area (Å²) in [7, 11) is 0. The Morgan fingerprint density at radius 3 is 2.38 bits per heavy atom. The highest BCUT2D eigenvalue weighted by Gasteiger charge is 2.13. The molecule has 4 aromatic rings. The molecule has 0 unspecified atom stereocenters. The number of aromatic nitrogens is 3. The average Bonchev–Trinajstić information content (AvgIpc) is 3.28. The summed E-state index contributed by atoms with van der Waals surface area (Å²) in [6.45, 7) is 5.99. The predicted molar refractivity (Wildman–Crippen MR) is 105 cm³/mol. The number of rotatable bonds is 4. The Morgan fingerprint density at radius 1 is 0.962 bits per heavy atom. The first-order chi connectivity index (χ1) is 12.6. The summed E-state index contributed by atoms with van der Waals surface area (Å²) in [6, 6.07) is 14.6. The second-order valence-corrected chi connectivity index (χ2v) is 6.83. The van der Waals surface area contributed by atoms with Crippen molar-refractivity contribution < 1.29 is 4.52 Å². The van der Waals surface area contributed by atoms with Gasteiger partial charge < -0.3 is 9.84 Å². The zero-order valence-electron chi connectivity index (χ0n) is 14.8. The van der Waals surface area contributed by atoms with Gasteiger partial charge in [-0.05, 0) is 61.6 Å². The molecule has 0 atom stereocenters. The van der Waals surface area contributed by atoms with Gasteiger partial charge in [0.1, 0.15) is 11.5 Å². The van der Waals surface area contributed by atoms with E-state index in [1.165, 1.54) is 17.1 Å². The largest absolute Gasteiger partial charge is 0.361 e. The Bertz CT molecular complexity index is 1020. The molecule has 26 heavy (non-hydrogen) atoms. The van der Waals surface area contributed by atoms with Gasteiger partial charge in [0.05, 0.1) is 5.69 Å². The second-order valence-electron chi connectivity index (χ2n) is 6.22.